The minimum absolute atomic E-state index is 0.0144. The van der Waals surface area contributed by atoms with Gasteiger partial charge in [-0.25, -0.2) is 0 Å². The van der Waals surface area contributed by atoms with Crippen molar-refractivity contribution in [2.24, 2.45) is 5.41 Å². The zero-order valence-corrected chi connectivity index (χ0v) is 13.9. The number of alkyl halides is 1. The molecule has 1 N–H and O–H groups in total. The summed E-state index contributed by atoms with van der Waals surface area (Å²) >= 11 is 6.20. The molecule has 2 unspecified atom stereocenters. The summed E-state index contributed by atoms with van der Waals surface area (Å²) in [6, 6.07) is 0. The van der Waals surface area contributed by atoms with E-state index in [1.807, 2.05) is 0 Å². The van der Waals surface area contributed by atoms with Gasteiger partial charge in [-0.15, -0.1) is 11.6 Å². The summed E-state index contributed by atoms with van der Waals surface area (Å²) in [7, 11) is 0. The second-order valence-corrected chi connectivity index (χ2v) is 7.64. The quantitative estimate of drug-likeness (QED) is 0.497. The molecule has 2 rings (SSSR count). The van der Waals surface area contributed by atoms with Crippen LogP contribution in [-0.2, 0) is 0 Å². The van der Waals surface area contributed by atoms with Crippen molar-refractivity contribution >= 4 is 11.6 Å². The molecule has 0 aromatic rings. The Bertz CT molecular complexity index is 273. The van der Waals surface area contributed by atoms with Crippen LogP contribution in [0.1, 0.15) is 90.4 Å². The van der Waals surface area contributed by atoms with Crippen molar-refractivity contribution in [3.05, 3.63) is 5.92 Å². The zero-order chi connectivity index (χ0) is 14.4. The normalized spacial score (nSPS) is 31.4. The van der Waals surface area contributed by atoms with Crippen LogP contribution in [0.15, 0.2) is 0 Å². The van der Waals surface area contributed by atoms with Crippen LogP contribution in [0.5, 0.6) is 0 Å². The molecule has 1 nitrogen and oxygen atoms in total. The molecule has 2 saturated carbocycles. The maximum atomic E-state index is 10.2. The van der Waals surface area contributed by atoms with Crippen molar-refractivity contribution in [2.75, 3.05) is 0 Å². The van der Waals surface area contributed by atoms with Gasteiger partial charge in [0.25, 0.3) is 0 Å². The summed E-state index contributed by atoms with van der Waals surface area (Å²) in [5, 5.41) is 10.1. The molecule has 2 heteroatoms. The van der Waals surface area contributed by atoms with Crippen LogP contribution in [0, 0.1) is 11.3 Å². The van der Waals surface area contributed by atoms with Crippen molar-refractivity contribution < 1.29 is 5.11 Å². The van der Waals surface area contributed by atoms with Crippen molar-refractivity contribution in [3.63, 3.8) is 0 Å². The van der Waals surface area contributed by atoms with Crippen LogP contribution < -0.4 is 0 Å². The molecule has 0 aromatic heterocycles. The number of hydrogen-bond donors (Lipinski definition) is 1. The SMILES string of the molecule is CCCCCCC1([C]2CCC(Cl)C(O)C2)CCCCC1. The summed E-state index contributed by atoms with van der Waals surface area (Å²) in [6.45, 7) is 2.28. The first-order valence-electron chi connectivity index (χ1n) is 8.85. The largest absolute Gasteiger partial charge is 0.392 e. The van der Waals surface area contributed by atoms with Crippen LogP contribution in [-0.4, -0.2) is 16.6 Å². The van der Waals surface area contributed by atoms with Gasteiger partial charge in [0.2, 0.25) is 0 Å². The summed E-state index contributed by atoms with van der Waals surface area (Å²) < 4.78 is 0. The molecule has 0 bridgehead atoms. The summed E-state index contributed by atoms with van der Waals surface area (Å²) in [4.78, 5) is 0. The van der Waals surface area contributed by atoms with E-state index in [1.165, 1.54) is 70.6 Å². The number of rotatable bonds is 6. The predicted molar refractivity (Wildman–Crippen MR) is 87.0 cm³/mol. The lowest BCUT2D eigenvalue weighted by Crippen LogP contribution is -2.39. The fourth-order valence-electron chi connectivity index (χ4n) is 4.37. The average Bonchev–Trinajstić information content (AvgIpc) is 2.47. The first-order chi connectivity index (χ1) is 9.68. The monoisotopic (exact) mass is 299 g/mol. The number of aliphatic hydroxyl groups is 1. The van der Waals surface area contributed by atoms with Gasteiger partial charge in [-0.2, -0.15) is 0 Å². The Kier molecular flexibility index (Phi) is 6.68. The maximum absolute atomic E-state index is 10.2. The Morgan fingerprint density at radius 1 is 1.15 bits per heavy atom. The molecule has 2 aliphatic rings. The standard InChI is InChI=1S/C18H32ClO/c1-2-3-4-6-11-18(12-7-5-8-13-18)15-9-10-16(19)17(20)14-15/h16-17,20H,2-14H2,1H3. The Morgan fingerprint density at radius 3 is 2.55 bits per heavy atom. The fourth-order valence-corrected chi connectivity index (χ4v) is 4.57. The predicted octanol–water partition coefficient (Wildman–Crippen LogP) is 5.63. The highest BCUT2D eigenvalue weighted by Gasteiger charge is 2.43. The second kappa shape index (κ2) is 8.03. The number of hydrogen-bond acceptors (Lipinski definition) is 1. The Balaban J connectivity index is 1.95. The number of unbranched alkanes of at least 4 members (excludes halogenated alkanes) is 3. The van der Waals surface area contributed by atoms with Crippen molar-refractivity contribution in [1.82, 2.24) is 0 Å². The van der Waals surface area contributed by atoms with Gasteiger partial charge in [0.1, 0.15) is 0 Å². The van der Waals surface area contributed by atoms with Crippen molar-refractivity contribution in [1.29, 1.82) is 0 Å². The molecular formula is C18H32ClO. The van der Waals surface area contributed by atoms with Gasteiger partial charge in [-0.1, -0.05) is 51.9 Å². The van der Waals surface area contributed by atoms with Crippen LogP contribution >= 0.6 is 11.6 Å². The molecule has 0 aromatic carbocycles. The first-order valence-corrected chi connectivity index (χ1v) is 9.29. The molecule has 2 fully saturated rings. The molecule has 0 amide bonds. The van der Waals surface area contributed by atoms with E-state index in [0.29, 0.717) is 5.41 Å². The molecule has 0 spiro atoms. The van der Waals surface area contributed by atoms with E-state index in [0.717, 1.165) is 12.8 Å². The molecule has 2 aliphatic carbocycles. The Morgan fingerprint density at radius 2 is 1.90 bits per heavy atom. The Labute approximate surface area is 130 Å². The lowest BCUT2D eigenvalue weighted by atomic mass is 9.59. The van der Waals surface area contributed by atoms with E-state index >= 15 is 0 Å². The summed E-state index contributed by atoms with van der Waals surface area (Å²) in [5.74, 6) is 1.66. The van der Waals surface area contributed by atoms with Gasteiger partial charge in [0, 0.05) is 0 Å². The Hall–Kier alpha value is 0.250. The van der Waals surface area contributed by atoms with Gasteiger partial charge < -0.3 is 5.11 Å². The molecule has 0 saturated heterocycles. The van der Waals surface area contributed by atoms with Gasteiger partial charge in [-0.05, 0) is 49.9 Å². The van der Waals surface area contributed by atoms with Crippen LogP contribution in [0.4, 0.5) is 0 Å². The molecule has 117 valence electrons. The topological polar surface area (TPSA) is 20.2 Å². The highest BCUT2D eigenvalue weighted by atomic mass is 35.5. The van der Waals surface area contributed by atoms with Crippen LogP contribution in [0.2, 0.25) is 0 Å². The lowest BCUT2D eigenvalue weighted by molar-refractivity contribution is 0.0915. The molecular weight excluding hydrogens is 268 g/mol. The number of halogens is 1. The van der Waals surface area contributed by atoms with Crippen molar-refractivity contribution in [2.45, 2.75) is 102 Å². The van der Waals surface area contributed by atoms with Crippen molar-refractivity contribution in [3.8, 4) is 0 Å². The first kappa shape index (κ1) is 16.6. The highest BCUT2D eigenvalue weighted by Crippen LogP contribution is 2.53. The minimum Gasteiger partial charge on any atom is -0.392 e. The summed E-state index contributed by atoms with van der Waals surface area (Å²) in [6.07, 6.45) is 16.5. The third-order valence-electron chi connectivity index (χ3n) is 5.66. The smallest absolute Gasteiger partial charge is 0.0709 e. The third kappa shape index (κ3) is 4.13. The number of aliphatic hydroxyl groups excluding tert-OH is 1. The minimum atomic E-state index is -0.296. The third-order valence-corrected chi connectivity index (χ3v) is 6.17. The maximum Gasteiger partial charge on any atom is 0.0709 e. The summed E-state index contributed by atoms with van der Waals surface area (Å²) in [5.41, 5.74) is 0.462. The van der Waals surface area contributed by atoms with Gasteiger partial charge in [0.15, 0.2) is 0 Å². The van der Waals surface area contributed by atoms with E-state index in [-0.39, 0.29) is 11.5 Å². The van der Waals surface area contributed by atoms with Gasteiger partial charge in [-0.3, -0.25) is 0 Å². The van der Waals surface area contributed by atoms with Gasteiger partial charge in [0.05, 0.1) is 11.5 Å². The van der Waals surface area contributed by atoms with E-state index in [9.17, 15) is 5.11 Å². The van der Waals surface area contributed by atoms with Crippen LogP contribution in [0.3, 0.4) is 0 Å². The van der Waals surface area contributed by atoms with E-state index in [4.69, 9.17) is 11.6 Å². The molecule has 1 radical (unpaired) electrons. The fraction of sp³-hybridized carbons (Fsp3) is 0.944. The molecule has 20 heavy (non-hydrogen) atoms. The molecule has 2 atom stereocenters. The van der Waals surface area contributed by atoms with Crippen LogP contribution in [0.25, 0.3) is 0 Å². The lowest BCUT2D eigenvalue weighted by Gasteiger charge is -2.47. The average molecular weight is 300 g/mol. The molecule has 0 heterocycles. The zero-order valence-electron chi connectivity index (χ0n) is 13.2. The van der Waals surface area contributed by atoms with E-state index < -0.39 is 0 Å². The molecule has 0 aliphatic heterocycles. The van der Waals surface area contributed by atoms with E-state index in [1.54, 1.807) is 5.92 Å². The second-order valence-electron chi connectivity index (χ2n) is 7.08. The van der Waals surface area contributed by atoms with Gasteiger partial charge >= 0.3 is 0 Å². The van der Waals surface area contributed by atoms with E-state index in [2.05, 4.69) is 6.92 Å². The highest BCUT2D eigenvalue weighted by molar-refractivity contribution is 6.21.